The maximum Gasteiger partial charge on any atom is 0.161 e. The first kappa shape index (κ1) is 9.97. The van der Waals surface area contributed by atoms with Crippen LogP contribution in [0.2, 0.25) is 0 Å². The van der Waals surface area contributed by atoms with Gasteiger partial charge in [-0.05, 0) is 42.0 Å². The van der Waals surface area contributed by atoms with E-state index in [1.54, 1.807) is 14.2 Å². The molecule has 0 spiro atoms. The highest BCUT2D eigenvalue weighted by molar-refractivity contribution is 5.53. The second kappa shape index (κ2) is 3.39. The first-order valence-electron chi connectivity index (χ1n) is 5.68. The third kappa shape index (κ3) is 1.18. The van der Waals surface area contributed by atoms with Gasteiger partial charge in [-0.15, -0.1) is 0 Å². The SMILES string of the molecule is COc1cc2c(cc1OC)[C@H]1C[C@@H]2C[C@@H]1O. The Bertz CT molecular complexity index is 427. The summed E-state index contributed by atoms with van der Waals surface area (Å²) in [7, 11) is 3.31. The first-order chi connectivity index (χ1) is 7.74. The molecule has 0 aromatic heterocycles. The number of fused-ring (bicyclic) bond motifs is 5. The van der Waals surface area contributed by atoms with Gasteiger partial charge in [-0.25, -0.2) is 0 Å². The molecule has 1 saturated carbocycles. The van der Waals surface area contributed by atoms with Gasteiger partial charge in [-0.3, -0.25) is 0 Å². The summed E-state index contributed by atoms with van der Waals surface area (Å²) in [5, 5.41) is 9.88. The van der Waals surface area contributed by atoms with E-state index in [1.807, 2.05) is 6.07 Å². The van der Waals surface area contributed by atoms with Crippen LogP contribution in [-0.4, -0.2) is 25.4 Å². The van der Waals surface area contributed by atoms with Gasteiger partial charge in [0.05, 0.1) is 20.3 Å². The van der Waals surface area contributed by atoms with Gasteiger partial charge in [0.1, 0.15) is 0 Å². The molecule has 2 bridgehead atoms. The van der Waals surface area contributed by atoms with Crippen LogP contribution in [0.25, 0.3) is 0 Å². The van der Waals surface area contributed by atoms with E-state index >= 15 is 0 Å². The van der Waals surface area contributed by atoms with Gasteiger partial charge >= 0.3 is 0 Å². The second-order valence-electron chi connectivity index (χ2n) is 4.68. The predicted octanol–water partition coefficient (Wildman–Crippen LogP) is 2.04. The quantitative estimate of drug-likeness (QED) is 0.829. The van der Waals surface area contributed by atoms with E-state index in [4.69, 9.17) is 9.47 Å². The Kier molecular flexibility index (Phi) is 2.11. The number of hydrogen-bond acceptors (Lipinski definition) is 3. The van der Waals surface area contributed by atoms with Gasteiger partial charge in [0.25, 0.3) is 0 Å². The predicted molar refractivity (Wildman–Crippen MR) is 60.3 cm³/mol. The molecule has 1 fully saturated rings. The van der Waals surface area contributed by atoms with Crippen LogP contribution in [-0.2, 0) is 0 Å². The lowest BCUT2D eigenvalue weighted by Crippen LogP contribution is -2.15. The summed E-state index contributed by atoms with van der Waals surface area (Å²) in [5.74, 6) is 2.37. The van der Waals surface area contributed by atoms with Crippen LogP contribution in [0.3, 0.4) is 0 Å². The molecule has 0 aliphatic heterocycles. The lowest BCUT2D eigenvalue weighted by Gasteiger charge is -2.21. The van der Waals surface area contributed by atoms with Crippen LogP contribution in [0.15, 0.2) is 12.1 Å². The molecule has 1 aromatic rings. The van der Waals surface area contributed by atoms with Crippen molar-refractivity contribution in [3.63, 3.8) is 0 Å². The summed E-state index contributed by atoms with van der Waals surface area (Å²) in [6.07, 6.45) is 1.80. The van der Waals surface area contributed by atoms with Crippen LogP contribution in [0.1, 0.15) is 35.8 Å². The van der Waals surface area contributed by atoms with Gasteiger partial charge in [-0.1, -0.05) is 0 Å². The molecule has 0 radical (unpaired) electrons. The minimum atomic E-state index is -0.171. The number of rotatable bonds is 2. The molecular formula is C13H16O3. The molecular weight excluding hydrogens is 204 g/mol. The van der Waals surface area contributed by atoms with Gasteiger partial charge in [0.2, 0.25) is 0 Å². The van der Waals surface area contributed by atoms with Crippen molar-refractivity contribution in [1.29, 1.82) is 0 Å². The maximum atomic E-state index is 9.88. The fraction of sp³-hybridized carbons (Fsp3) is 0.538. The minimum absolute atomic E-state index is 0.171. The molecule has 3 rings (SSSR count). The van der Waals surface area contributed by atoms with Crippen molar-refractivity contribution in [1.82, 2.24) is 0 Å². The number of ether oxygens (including phenoxy) is 2. The van der Waals surface area contributed by atoms with Crippen molar-refractivity contribution in [3.8, 4) is 11.5 Å². The largest absolute Gasteiger partial charge is 0.493 e. The van der Waals surface area contributed by atoms with Crippen LogP contribution in [0.5, 0.6) is 11.5 Å². The Morgan fingerprint density at radius 2 is 1.69 bits per heavy atom. The van der Waals surface area contributed by atoms with Crippen LogP contribution < -0.4 is 9.47 Å². The number of methoxy groups -OCH3 is 2. The molecule has 2 aliphatic rings. The molecule has 3 nitrogen and oxygen atoms in total. The molecule has 0 saturated heterocycles. The summed E-state index contributed by atoms with van der Waals surface area (Å²) in [5.41, 5.74) is 2.59. The van der Waals surface area contributed by atoms with E-state index < -0.39 is 0 Å². The maximum absolute atomic E-state index is 9.88. The monoisotopic (exact) mass is 220 g/mol. The zero-order valence-electron chi connectivity index (χ0n) is 9.56. The Morgan fingerprint density at radius 3 is 2.31 bits per heavy atom. The van der Waals surface area contributed by atoms with Crippen molar-refractivity contribution in [2.45, 2.75) is 30.8 Å². The van der Waals surface area contributed by atoms with E-state index in [0.29, 0.717) is 11.8 Å². The van der Waals surface area contributed by atoms with Crippen molar-refractivity contribution < 1.29 is 14.6 Å². The van der Waals surface area contributed by atoms with Crippen molar-refractivity contribution in [2.75, 3.05) is 14.2 Å². The summed E-state index contributed by atoms with van der Waals surface area (Å²) in [6.45, 7) is 0. The van der Waals surface area contributed by atoms with Crippen molar-refractivity contribution in [3.05, 3.63) is 23.3 Å². The molecule has 3 heteroatoms. The van der Waals surface area contributed by atoms with Crippen LogP contribution in [0, 0.1) is 0 Å². The average molecular weight is 220 g/mol. The Labute approximate surface area is 95.0 Å². The molecule has 0 unspecified atom stereocenters. The highest BCUT2D eigenvalue weighted by Crippen LogP contribution is 2.55. The lowest BCUT2D eigenvalue weighted by atomic mass is 9.89. The molecule has 0 amide bonds. The van der Waals surface area contributed by atoms with Gasteiger partial charge in [0.15, 0.2) is 11.5 Å². The summed E-state index contributed by atoms with van der Waals surface area (Å²) in [6, 6.07) is 4.10. The molecule has 3 atom stereocenters. The zero-order chi connectivity index (χ0) is 11.3. The minimum Gasteiger partial charge on any atom is -0.493 e. The van der Waals surface area contributed by atoms with Gasteiger partial charge in [-0.2, -0.15) is 0 Å². The molecule has 1 N–H and O–H groups in total. The van der Waals surface area contributed by atoms with Gasteiger partial charge < -0.3 is 14.6 Å². The smallest absolute Gasteiger partial charge is 0.161 e. The topological polar surface area (TPSA) is 38.7 Å². The summed E-state index contributed by atoms with van der Waals surface area (Å²) < 4.78 is 10.6. The Balaban J connectivity index is 2.11. The molecule has 86 valence electrons. The number of benzene rings is 1. The third-order valence-electron chi connectivity index (χ3n) is 3.96. The number of hydrogen-bond donors (Lipinski definition) is 1. The number of aliphatic hydroxyl groups excluding tert-OH is 1. The van der Waals surface area contributed by atoms with E-state index in [0.717, 1.165) is 24.3 Å². The van der Waals surface area contributed by atoms with E-state index in [-0.39, 0.29) is 6.10 Å². The molecule has 1 aromatic carbocycles. The van der Waals surface area contributed by atoms with Crippen molar-refractivity contribution >= 4 is 0 Å². The summed E-state index contributed by atoms with van der Waals surface area (Å²) >= 11 is 0. The standard InChI is InChI=1S/C13H16O3/c1-15-12-5-8-7-3-10(11(14)4-7)9(8)6-13(12)16-2/h5-7,10-11,14H,3-4H2,1-2H3/t7-,10-,11+/m1/s1. The highest BCUT2D eigenvalue weighted by atomic mass is 16.5. The zero-order valence-corrected chi connectivity index (χ0v) is 9.56. The Morgan fingerprint density at radius 1 is 1.06 bits per heavy atom. The molecule has 16 heavy (non-hydrogen) atoms. The third-order valence-corrected chi connectivity index (χ3v) is 3.96. The van der Waals surface area contributed by atoms with E-state index in [9.17, 15) is 5.11 Å². The van der Waals surface area contributed by atoms with Crippen molar-refractivity contribution in [2.24, 2.45) is 0 Å². The highest BCUT2D eigenvalue weighted by Gasteiger charge is 2.43. The Hall–Kier alpha value is -1.22. The van der Waals surface area contributed by atoms with E-state index in [1.165, 1.54) is 11.1 Å². The molecule has 2 aliphatic carbocycles. The summed E-state index contributed by atoms with van der Waals surface area (Å²) in [4.78, 5) is 0. The first-order valence-corrected chi connectivity index (χ1v) is 5.68. The fourth-order valence-electron chi connectivity index (χ4n) is 3.19. The van der Waals surface area contributed by atoms with Gasteiger partial charge in [0, 0.05) is 5.92 Å². The normalized spacial score (nSPS) is 30.3. The fourth-order valence-corrected chi connectivity index (χ4v) is 3.19. The van der Waals surface area contributed by atoms with Crippen LogP contribution >= 0.6 is 0 Å². The van der Waals surface area contributed by atoms with Crippen LogP contribution in [0.4, 0.5) is 0 Å². The number of aliphatic hydroxyl groups is 1. The average Bonchev–Trinajstić information content (AvgIpc) is 2.84. The van der Waals surface area contributed by atoms with E-state index in [2.05, 4.69) is 6.07 Å². The lowest BCUT2D eigenvalue weighted by molar-refractivity contribution is 0.158. The molecule has 0 heterocycles. The second-order valence-corrected chi connectivity index (χ2v) is 4.68.